The summed E-state index contributed by atoms with van der Waals surface area (Å²) in [5, 5.41) is 15.0. The quantitative estimate of drug-likeness (QED) is 0.676. The Kier molecular flexibility index (Phi) is 5.83. The highest BCUT2D eigenvalue weighted by atomic mass is 16.2. The zero-order valence-corrected chi connectivity index (χ0v) is 15.4. The predicted octanol–water partition coefficient (Wildman–Crippen LogP) is 4.83. The Balaban J connectivity index is 1.90. The van der Waals surface area contributed by atoms with Crippen LogP contribution in [0.3, 0.4) is 0 Å². The molecular weight excluding hydrogens is 350 g/mol. The molecular formula is C23H19N3O2. The van der Waals surface area contributed by atoms with Crippen LogP contribution in [0.5, 0.6) is 0 Å². The number of carbonyl (C=O) groups excluding carboxylic acids is 2. The van der Waals surface area contributed by atoms with E-state index in [4.69, 9.17) is 0 Å². The Morgan fingerprint density at radius 3 is 2.21 bits per heavy atom. The first kappa shape index (κ1) is 18.9. The van der Waals surface area contributed by atoms with Crippen molar-refractivity contribution in [2.75, 3.05) is 10.6 Å². The highest BCUT2D eigenvalue weighted by Gasteiger charge is 2.15. The number of anilines is 2. The number of carbonyl (C=O) groups is 2. The molecule has 0 bridgehead atoms. The molecule has 0 aliphatic rings. The normalized spacial score (nSPS) is 10.0. The summed E-state index contributed by atoms with van der Waals surface area (Å²) in [4.78, 5) is 24.5. The van der Waals surface area contributed by atoms with E-state index in [0.29, 0.717) is 40.0 Å². The Labute approximate surface area is 163 Å². The monoisotopic (exact) mass is 369 g/mol. The second-order valence-corrected chi connectivity index (χ2v) is 6.14. The maximum absolute atomic E-state index is 12.9. The van der Waals surface area contributed by atoms with E-state index < -0.39 is 0 Å². The number of hydrogen-bond acceptors (Lipinski definition) is 3. The molecule has 0 aromatic heterocycles. The lowest BCUT2D eigenvalue weighted by molar-refractivity contribution is -0.115. The number of nitrogens with zero attached hydrogens (tertiary/aromatic N) is 1. The molecule has 3 aromatic carbocycles. The van der Waals surface area contributed by atoms with Crippen molar-refractivity contribution >= 4 is 23.2 Å². The van der Waals surface area contributed by atoms with E-state index in [1.807, 2.05) is 24.3 Å². The number of nitriles is 1. The smallest absolute Gasteiger partial charge is 0.256 e. The zero-order valence-electron chi connectivity index (χ0n) is 15.4. The summed E-state index contributed by atoms with van der Waals surface area (Å²) in [5.74, 6) is -0.385. The molecule has 0 aliphatic heterocycles. The molecule has 0 saturated carbocycles. The van der Waals surface area contributed by atoms with Crippen LogP contribution < -0.4 is 10.6 Å². The van der Waals surface area contributed by atoms with Crippen LogP contribution in [-0.4, -0.2) is 11.8 Å². The molecule has 0 radical (unpaired) electrons. The van der Waals surface area contributed by atoms with Crippen LogP contribution in [0, 0.1) is 11.3 Å². The van der Waals surface area contributed by atoms with Crippen LogP contribution >= 0.6 is 0 Å². The molecule has 2 N–H and O–H groups in total. The molecule has 0 atom stereocenters. The fourth-order valence-electron chi connectivity index (χ4n) is 2.85. The Morgan fingerprint density at radius 2 is 1.50 bits per heavy atom. The second-order valence-electron chi connectivity index (χ2n) is 6.14. The van der Waals surface area contributed by atoms with E-state index in [1.54, 1.807) is 55.5 Å². The first-order valence-electron chi connectivity index (χ1n) is 8.92. The van der Waals surface area contributed by atoms with Crippen LogP contribution in [0.4, 0.5) is 11.4 Å². The second kappa shape index (κ2) is 8.65. The highest BCUT2D eigenvalue weighted by molar-refractivity contribution is 6.09. The third-order valence-electron chi connectivity index (χ3n) is 4.23. The van der Waals surface area contributed by atoms with Crippen LogP contribution in [0.25, 0.3) is 11.1 Å². The van der Waals surface area contributed by atoms with Crippen LogP contribution in [0.2, 0.25) is 0 Å². The zero-order chi connectivity index (χ0) is 19.9. The molecule has 0 heterocycles. The van der Waals surface area contributed by atoms with Crippen molar-refractivity contribution in [3.8, 4) is 17.2 Å². The van der Waals surface area contributed by atoms with E-state index >= 15 is 0 Å². The minimum absolute atomic E-state index is 0.0954. The van der Waals surface area contributed by atoms with Gasteiger partial charge in [0, 0.05) is 28.9 Å². The summed E-state index contributed by atoms with van der Waals surface area (Å²) in [6, 6.07) is 23.5. The number of nitrogens with one attached hydrogen (secondary N) is 2. The molecule has 0 aliphatic carbocycles. The molecule has 0 spiro atoms. The van der Waals surface area contributed by atoms with Gasteiger partial charge in [-0.3, -0.25) is 9.59 Å². The molecule has 2 amide bonds. The summed E-state index contributed by atoms with van der Waals surface area (Å²) < 4.78 is 0. The van der Waals surface area contributed by atoms with Gasteiger partial charge in [0.15, 0.2) is 0 Å². The molecule has 5 nitrogen and oxygen atoms in total. The van der Waals surface area contributed by atoms with Gasteiger partial charge in [-0.05, 0) is 35.9 Å². The number of hydrogen-bond donors (Lipinski definition) is 2. The first-order chi connectivity index (χ1) is 13.6. The molecule has 138 valence electrons. The summed E-state index contributed by atoms with van der Waals surface area (Å²) in [6.45, 7) is 1.77. The first-order valence-corrected chi connectivity index (χ1v) is 8.92. The number of rotatable bonds is 5. The minimum Gasteiger partial charge on any atom is -0.326 e. The fourth-order valence-corrected chi connectivity index (χ4v) is 2.85. The van der Waals surface area contributed by atoms with Crippen molar-refractivity contribution in [3.05, 3.63) is 83.9 Å². The molecule has 3 rings (SSSR count). The largest absolute Gasteiger partial charge is 0.326 e. The average Bonchev–Trinajstić information content (AvgIpc) is 2.73. The van der Waals surface area contributed by atoms with E-state index in [1.165, 1.54) is 0 Å². The van der Waals surface area contributed by atoms with Gasteiger partial charge in [-0.15, -0.1) is 0 Å². The van der Waals surface area contributed by atoms with Crippen molar-refractivity contribution < 1.29 is 9.59 Å². The summed E-state index contributed by atoms with van der Waals surface area (Å²) >= 11 is 0. The van der Waals surface area contributed by atoms with Crippen LogP contribution in [-0.2, 0) is 4.79 Å². The number of amides is 2. The summed E-state index contributed by atoms with van der Waals surface area (Å²) in [6.07, 6.45) is 0.377. The Bertz CT molecular complexity index is 1070. The van der Waals surface area contributed by atoms with Crippen molar-refractivity contribution in [1.29, 1.82) is 5.26 Å². The predicted molar refractivity (Wildman–Crippen MR) is 110 cm³/mol. The summed E-state index contributed by atoms with van der Waals surface area (Å²) in [7, 11) is 0. The van der Waals surface area contributed by atoms with Gasteiger partial charge in [0.2, 0.25) is 5.91 Å². The number of benzene rings is 3. The Morgan fingerprint density at radius 1 is 0.857 bits per heavy atom. The van der Waals surface area contributed by atoms with Crippen LogP contribution in [0.15, 0.2) is 72.8 Å². The SMILES string of the molecule is CCC(=O)Nc1cccc(NC(=O)c2ccccc2-c2ccccc2C#N)c1. The molecule has 28 heavy (non-hydrogen) atoms. The van der Waals surface area contributed by atoms with Crippen molar-refractivity contribution in [2.24, 2.45) is 0 Å². The van der Waals surface area contributed by atoms with E-state index in [2.05, 4.69) is 16.7 Å². The molecule has 0 fully saturated rings. The average molecular weight is 369 g/mol. The van der Waals surface area contributed by atoms with Gasteiger partial charge >= 0.3 is 0 Å². The Hall–Kier alpha value is -3.91. The van der Waals surface area contributed by atoms with Gasteiger partial charge in [0.1, 0.15) is 0 Å². The third-order valence-corrected chi connectivity index (χ3v) is 4.23. The van der Waals surface area contributed by atoms with Gasteiger partial charge in [0.25, 0.3) is 5.91 Å². The topological polar surface area (TPSA) is 82.0 Å². The van der Waals surface area contributed by atoms with E-state index in [-0.39, 0.29) is 11.8 Å². The van der Waals surface area contributed by atoms with E-state index in [0.717, 1.165) is 0 Å². The standard InChI is InChI=1S/C23H19N3O2/c1-2-22(27)25-17-9-7-10-18(14-17)26-23(28)21-13-6-5-12-20(21)19-11-4-3-8-16(19)15-24/h3-14H,2H2,1H3,(H,25,27)(H,26,28). The van der Waals surface area contributed by atoms with Crippen LogP contribution in [0.1, 0.15) is 29.3 Å². The van der Waals surface area contributed by atoms with Crippen molar-refractivity contribution in [2.45, 2.75) is 13.3 Å². The molecule has 3 aromatic rings. The highest BCUT2D eigenvalue weighted by Crippen LogP contribution is 2.27. The van der Waals surface area contributed by atoms with Gasteiger partial charge in [-0.25, -0.2) is 0 Å². The van der Waals surface area contributed by atoms with Gasteiger partial charge < -0.3 is 10.6 Å². The lowest BCUT2D eigenvalue weighted by Crippen LogP contribution is -2.14. The fraction of sp³-hybridized carbons (Fsp3) is 0.0870. The maximum Gasteiger partial charge on any atom is 0.256 e. The van der Waals surface area contributed by atoms with Gasteiger partial charge in [-0.1, -0.05) is 49.4 Å². The lowest BCUT2D eigenvalue weighted by Gasteiger charge is -2.12. The molecule has 0 unspecified atom stereocenters. The van der Waals surface area contributed by atoms with Crippen molar-refractivity contribution in [1.82, 2.24) is 0 Å². The van der Waals surface area contributed by atoms with Gasteiger partial charge in [0.05, 0.1) is 11.6 Å². The third kappa shape index (κ3) is 4.25. The minimum atomic E-state index is -0.290. The molecule has 5 heteroatoms. The van der Waals surface area contributed by atoms with Gasteiger partial charge in [-0.2, -0.15) is 5.26 Å². The molecule has 0 saturated heterocycles. The van der Waals surface area contributed by atoms with Crippen molar-refractivity contribution in [3.63, 3.8) is 0 Å². The maximum atomic E-state index is 12.9. The summed E-state index contributed by atoms with van der Waals surface area (Å²) in [5.41, 5.74) is 3.56. The van der Waals surface area contributed by atoms with E-state index in [9.17, 15) is 14.9 Å². The lowest BCUT2D eigenvalue weighted by atomic mass is 9.95.